The molecule has 6 heteroatoms. The van der Waals surface area contributed by atoms with Gasteiger partial charge in [0.25, 0.3) is 0 Å². The average molecular weight is 269 g/mol. The van der Waals surface area contributed by atoms with E-state index in [0.29, 0.717) is 5.56 Å². The number of aryl methyl sites for hydroxylation is 2. The van der Waals surface area contributed by atoms with Crippen molar-refractivity contribution in [1.29, 1.82) is 5.41 Å². The maximum absolute atomic E-state index is 12.3. The van der Waals surface area contributed by atoms with Gasteiger partial charge in [0.15, 0.2) is 0 Å². The molecule has 0 atom stereocenters. The number of hydrogen-bond acceptors (Lipinski definition) is 3. The Bertz CT molecular complexity index is 577. The number of sulfonamides is 1. The summed E-state index contributed by atoms with van der Waals surface area (Å²) >= 11 is 0. The number of amidine groups is 1. The summed E-state index contributed by atoms with van der Waals surface area (Å²) in [5.41, 5.74) is 5.80. The van der Waals surface area contributed by atoms with E-state index in [0.717, 1.165) is 5.56 Å². The second kappa shape index (κ2) is 4.70. The van der Waals surface area contributed by atoms with Gasteiger partial charge in [-0.15, -0.1) is 0 Å². The Hall–Kier alpha value is -1.40. The monoisotopic (exact) mass is 269 g/mol. The second-order valence-electron chi connectivity index (χ2n) is 4.91. The number of benzene rings is 1. The van der Waals surface area contributed by atoms with E-state index in [9.17, 15) is 8.42 Å². The molecule has 18 heavy (non-hydrogen) atoms. The summed E-state index contributed by atoms with van der Waals surface area (Å²) in [6, 6.07) is 5.21. The van der Waals surface area contributed by atoms with Crippen molar-refractivity contribution in [1.82, 2.24) is 4.72 Å². The zero-order valence-electron chi connectivity index (χ0n) is 11.0. The number of nitrogens with one attached hydrogen (secondary N) is 2. The Balaban J connectivity index is 3.23. The highest BCUT2D eigenvalue weighted by molar-refractivity contribution is 7.89. The van der Waals surface area contributed by atoms with Crippen LogP contribution in [0.4, 0.5) is 0 Å². The molecule has 0 bridgehead atoms. The first-order valence-corrected chi connectivity index (χ1v) is 7.00. The Morgan fingerprint density at radius 1 is 1.33 bits per heavy atom. The molecular formula is C12H19N3O2S. The maximum atomic E-state index is 12.3. The average Bonchev–Trinajstić information content (AvgIpc) is 2.19. The van der Waals surface area contributed by atoms with E-state index in [-0.39, 0.29) is 10.7 Å². The number of rotatable bonds is 4. The lowest BCUT2D eigenvalue weighted by Crippen LogP contribution is -2.52. The molecule has 0 aromatic heterocycles. The van der Waals surface area contributed by atoms with E-state index < -0.39 is 15.6 Å². The Kier molecular flexibility index (Phi) is 3.83. The highest BCUT2D eigenvalue weighted by Gasteiger charge is 2.29. The van der Waals surface area contributed by atoms with Crippen LogP contribution in [0.3, 0.4) is 0 Å². The molecule has 0 aliphatic carbocycles. The van der Waals surface area contributed by atoms with Crippen LogP contribution in [-0.4, -0.2) is 19.8 Å². The van der Waals surface area contributed by atoms with Gasteiger partial charge in [0.2, 0.25) is 10.0 Å². The van der Waals surface area contributed by atoms with E-state index in [2.05, 4.69) is 4.72 Å². The topological polar surface area (TPSA) is 96.0 Å². The first-order chi connectivity index (χ1) is 8.06. The lowest BCUT2D eigenvalue weighted by Gasteiger charge is -2.24. The first kappa shape index (κ1) is 14.7. The molecule has 100 valence electrons. The lowest BCUT2D eigenvalue weighted by atomic mass is 10.1. The Morgan fingerprint density at radius 2 is 1.89 bits per heavy atom. The van der Waals surface area contributed by atoms with E-state index >= 15 is 0 Å². The minimum absolute atomic E-state index is 0.219. The molecule has 0 unspecified atom stereocenters. The molecule has 5 nitrogen and oxygen atoms in total. The summed E-state index contributed by atoms with van der Waals surface area (Å²) in [6.45, 7) is 6.67. The largest absolute Gasteiger partial charge is 0.386 e. The van der Waals surface area contributed by atoms with Crippen molar-refractivity contribution in [2.75, 3.05) is 0 Å². The molecule has 0 fully saturated rings. The summed E-state index contributed by atoms with van der Waals surface area (Å²) in [5.74, 6) is -0.226. The van der Waals surface area contributed by atoms with Crippen molar-refractivity contribution in [3.8, 4) is 0 Å². The summed E-state index contributed by atoms with van der Waals surface area (Å²) in [7, 11) is -3.69. The van der Waals surface area contributed by atoms with E-state index in [1.165, 1.54) is 0 Å². The minimum atomic E-state index is -3.69. The molecule has 1 aromatic carbocycles. The van der Waals surface area contributed by atoms with Gasteiger partial charge in [0, 0.05) is 0 Å². The molecule has 1 rings (SSSR count). The van der Waals surface area contributed by atoms with Gasteiger partial charge in [-0.3, -0.25) is 5.41 Å². The lowest BCUT2D eigenvalue weighted by molar-refractivity contribution is 0.541. The molecule has 0 aliphatic heterocycles. The summed E-state index contributed by atoms with van der Waals surface area (Å²) in [4.78, 5) is 0.219. The SMILES string of the molecule is Cc1ccc(C)c(S(=O)(=O)NC(C)(C)C(=N)N)c1. The third-order valence-electron chi connectivity index (χ3n) is 2.70. The van der Waals surface area contributed by atoms with Gasteiger partial charge in [0.1, 0.15) is 5.84 Å². The van der Waals surface area contributed by atoms with Crippen LogP contribution >= 0.6 is 0 Å². The van der Waals surface area contributed by atoms with Crippen LogP contribution in [-0.2, 0) is 10.0 Å². The fourth-order valence-corrected chi connectivity index (χ4v) is 3.17. The molecule has 4 N–H and O–H groups in total. The van der Waals surface area contributed by atoms with Crippen molar-refractivity contribution in [2.45, 2.75) is 38.1 Å². The van der Waals surface area contributed by atoms with Gasteiger partial charge in [-0.05, 0) is 44.9 Å². The van der Waals surface area contributed by atoms with Crippen LogP contribution in [0.1, 0.15) is 25.0 Å². The van der Waals surface area contributed by atoms with Crippen LogP contribution in [0, 0.1) is 19.3 Å². The quantitative estimate of drug-likeness (QED) is 0.567. The molecular weight excluding hydrogens is 250 g/mol. The van der Waals surface area contributed by atoms with Gasteiger partial charge < -0.3 is 5.73 Å². The smallest absolute Gasteiger partial charge is 0.241 e. The van der Waals surface area contributed by atoms with E-state index in [1.54, 1.807) is 32.9 Å². The van der Waals surface area contributed by atoms with Gasteiger partial charge in [-0.2, -0.15) is 4.72 Å². The van der Waals surface area contributed by atoms with Crippen molar-refractivity contribution in [3.63, 3.8) is 0 Å². The van der Waals surface area contributed by atoms with Crippen LogP contribution < -0.4 is 10.5 Å². The van der Waals surface area contributed by atoms with Crippen molar-refractivity contribution >= 4 is 15.9 Å². The molecule has 0 saturated heterocycles. The maximum Gasteiger partial charge on any atom is 0.241 e. The van der Waals surface area contributed by atoms with E-state index in [4.69, 9.17) is 11.1 Å². The molecule has 0 aliphatic rings. The van der Waals surface area contributed by atoms with Crippen molar-refractivity contribution < 1.29 is 8.42 Å². The van der Waals surface area contributed by atoms with Crippen LogP contribution in [0.2, 0.25) is 0 Å². The standard InChI is InChI=1S/C12H19N3O2S/c1-8-5-6-9(2)10(7-8)18(16,17)15-12(3,4)11(13)14/h5-7,15H,1-4H3,(H3,13,14). The summed E-state index contributed by atoms with van der Waals surface area (Å²) < 4.78 is 27.0. The summed E-state index contributed by atoms with van der Waals surface area (Å²) in [6.07, 6.45) is 0. The van der Waals surface area contributed by atoms with Gasteiger partial charge in [0.05, 0.1) is 10.4 Å². The fraction of sp³-hybridized carbons (Fsp3) is 0.417. The second-order valence-corrected chi connectivity index (χ2v) is 6.56. The zero-order chi connectivity index (χ0) is 14.1. The zero-order valence-corrected chi connectivity index (χ0v) is 11.9. The molecule has 0 saturated carbocycles. The highest BCUT2D eigenvalue weighted by Crippen LogP contribution is 2.18. The number of hydrogen-bond donors (Lipinski definition) is 3. The van der Waals surface area contributed by atoms with Crippen molar-refractivity contribution in [2.24, 2.45) is 5.73 Å². The van der Waals surface area contributed by atoms with Gasteiger partial charge in [-0.1, -0.05) is 12.1 Å². The van der Waals surface area contributed by atoms with Gasteiger partial charge >= 0.3 is 0 Å². The normalized spacial score (nSPS) is 12.4. The third kappa shape index (κ3) is 3.08. The number of nitrogens with two attached hydrogens (primary N) is 1. The molecule has 0 radical (unpaired) electrons. The molecule has 0 spiro atoms. The highest BCUT2D eigenvalue weighted by atomic mass is 32.2. The van der Waals surface area contributed by atoms with Crippen LogP contribution in [0.5, 0.6) is 0 Å². The van der Waals surface area contributed by atoms with E-state index in [1.807, 2.05) is 13.0 Å². The Labute approximate surface area is 108 Å². The molecule has 0 amide bonds. The molecule has 0 heterocycles. The van der Waals surface area contributed by atoms with Crippen LogP contribution in [0.25, 0.3) is 0 Å². The summed E-state index contributed by atoms with van der Waals surface area (Å²) in [5, 5.41) is 7.39. The third-order valence-corrected chi connectivity index (χ3v) is 4.49. The van der Waals surface area contributed by atoms with Gasteiger partial charge in [-0.25, -0.2) is 8.42 Å². The predicted octanol–water partition coefficient (Wildman–Crippen LogP) is 1.30. The Morgan fingerprint density at radius 3 is 2.39 bits per heavy atom. The first-order valence-electron chi connectivity index (χ1n) is 5.52. The predicted molar refractivity (Wildman–Crippen MR) is 72.2 cm³/mol. The van der Waals surface area contributed by atoms with Crippen molar-refractivity contribution in [3.05, 3.63) is 29.3 Å². The minimum Gasteiger partial charge on any atom is -0.386 e. The fourth-order valence-electron chi connectivity index (χ4n) is 1.44. The van der Waals surface area contributed by atoms with Crippen LogP contribution in [0.15, 0.2) is 23.1 Å². The molecule has 1 aromatic rings.